The van der Waals surface area contributed by atoms with Crippen LogP contribution in [0.5, 0.6) is 0 Å². The fourth-order valence-corrected chi connectivity index (χ4v) is 3.87. The topological polar surface area (TPSA) is 50.2 Å². The molecule has 7 heteroatoms. The number of thiophene rings is 1. The van der Waals surface area contributed by atoms with Crippen LogP contribution in [-0.4, -0.2) is 16.1 Å². The predicted molar refractivity (Wildman–Crippen MR) is 87.4 cm³/mol. The van der Waals surface area contributed by atoms with Gasteiger partial charge in [0.1, 0.15) is 5.82 Å². The Morgan fingerprint density at radius 1 is 1.24 bits per heavy atom. The molecule has 0 spiro atoms. The third kappa shape index (κ3) is 2.73. The van der Waals surface area contributed by atoms with Gasteiger partial charge in [-0.25, -0.2) is 14.2 Å². The maximum Gasteiger partial charge on any atom is 0.336 e. The van der Waals surface area contributed by atoms with Crippen molar-refractivity contribution < 1.29 is 14.3 Å². The number of aromatic carboxylic acids is 1. The van der Waals surface area contributed by atoms with Crippen molar-refractivity contribution in [1.29, 1.82) is 0 Å². The van der Waals surface area contributed by atoms with Gasteiger partial charge in [-0.05, 0) is 62.2 Å². The fraction of sp³-hybridized carbons (Fsp3) is 0. The smallest absolute Gasteiger partial charge is 0.336 e. The summed E-state index contributed by atoms with van der Waals surface area (Å²) in [5.74, 6) is -1.62. The number of nitrogens with zero attached hydrogens (tertiary/aromatic N) is 1. The maximum absolute atomic E-state index is 13.5. The molecule has 0 aliphatic carbocycles. The summed E-state index contributed by atoms with van der Waals surface area (Å²) in [6.45, 7) is 0. The summed E-state index contributed by atoms with van der Waals surface area (Å²) in [4.78, 5) is 16.7. The number of carboxylic acid groups (broad SMARTS) is 1. The molecule has 0 aliphatic rings. The van der Waals surface area contributed by atoms with E-state index >= 15 is 0 Å². The maximum atomic E-state index is 13.5. The predicted octanol–water partition coefficient (Wildman–Crippen LogP) is 5.33. The van der Waals surface area contributed by atoms with Crippen LogP contribution in [-0.2, 0) is 0 Å². The Balaban J connectivity index is 2.37. The van der Waals surface area contributed by atoms with Gasteiger partial charge in [-0.2, -0.15) is 0 Å². The molecular formula is C14H6Br2FNO2S. The first kappa shape index (κ1) is 14.6. The first-order valence-electron chi connectivity index (χ1n) is 5.74. The zero-order valence-electron chi connectivity index (χ0n) is 10.2. The first-order chi connectivity index (χ1) is 9.95. The van der Waals surface area contributed by atoms with E-state index < -0.39 is 11.8 Å². The summed E-state index contributed by atoms with van der Waals surface area (Å²) in [5, 5.41) is 9.64. The molecular weight excluding hydrogens is 425 g/mol. The molecule has 0 atom stereocenters. The molecule has 21 heavy (non-hydrogen) atoms. The van der Waals surface area contributed by atoms with E-state index in [1.165, 1.54) is 29.5 Å². The molecule has 0 bridgehead atoms. The SMILES string of the molecule is O=C(O)c1cc(-c2ccc(Br)s2)nc2c(Br)cc(F)cc12. The minimum Gasteiger partial charge on any atom is -0.478 e. The van der Waals surface area contributed by atoms with Crippen LogP contribution in [0.2, 0.25) is 0 Å². The average Bonchev–Trinajstić information content (AvgIpc) is 2.84. The third-order valence-corrected chi connectivity index (χ3v) is 5.14. The molecule has 3 aromatic rings. The lowest BCUT2D eigenvalue weighted by Gasteiger charge is -2.07. The summed E-state index contributed by atoms with van der Waals surface area (Å²) >= 11 is 8.06. The highest BCUT2D eigenvalue weighted by atomic mass is 79.9. The second kappa shape index (κ2) is 5.47. The molecule has 0 aliphatic heterocycles. The van der Waals surface area contributed by atoms with Gasteiger partial charge >= 0.3 is 5.97 Å². The van der Waals surface area contributed by atoms with Crippen molar-refractivity contribution in [1.82, 2.24) is 4.98 Å². The molecule has 3 nitrogen and oxygen atoms in total. The van der Waals surface area contributed by atoms with Crippen LogP contribution in [0.4, 0.5) is 4.39 Å². The Kier molecular flexibility index (Phi) is 3.81. The van der Waals surface area contributed by atoms with Crippen molar-refractivity contribution >= 4 is 60.1 Å². The lowest BCUT2D eigenvalue weighted by atomic mass is 10.1. The van der Waals surface area contributed by atoms with E-state index in [0.29, 0.717) is 15.7 Å². The van der Waals surface area contributed by atoms with E-state index in [9.17, 15) is 14.3 Å². The number of fused-ring (bicyclic) bond motifs is 1. The Morgan fingerprint density at radius 3 is 2.62 bits per heavy atom. The van der Waals surface area contributed by atoms with Crippen molar-refractivity contribution in [3.05, 3.63) is 50.0 Å². The van der Waals surface area contributed by atoms with E-state index in [-0.39, 0.29) is 10.9 Å². The van der Waals surface area contributed by atoms with Gasteiger partial charge in [0.25, 0.3) is 0 Å². The lowest BCUT2D eigenvalue weighted by Crippen LogP contribution is -2.01. The standard InChI is InChI=1S/C14H6Br2FNO2S/c15-9-4-6(17)3-7-8(14(19)20)5-10(18-13(7)9)11-1-2-12(16)21-11/h1-5H,(H,19,20). The number of rotatable bonds is 2. The van der Waals surface area contributed by atoms with Crippen LogP contribution in [0, 0.1) is 5.82 Å². The normalized spacial score (nSPS) is 11.0. The number of carboxylic acids is 1. The van der Waals surface area contributed by atoms with Gasteiger partial charge in [0.2, 0.25) is 0 Å². The molecule has 1 N–H and O–H groups in total. The van der Waals surface area contributed by atoms with Crippen molar-refractivity contribution in [2.24, 2.45) is 0 Å². The number of hydrogen-bond acceptors (Lipinski definition) is 3. The number of benzene rings is 1. The van der Waals surface area contributed by atoms with Gasteiger partial charge in [-0.1, -0.05) is 0 Å². The van der Waals surface area contributed by atoms with Crippen LogP contribution >= 0.6 is 43.2 Å². The average molecular weight is 431 g/mol. The minimum atomic E-state index is -1.11. The highest BCUT2D eigenvalue weighted by Crippen LogP contribution is 2.34. The number of carbonyl (C=O) groups is 1. The lowest BCUT2D eigenvalue weighted by molar-refractivity contribution is 0.0699. The van der Waals surface area contributed by atoms with Gasteiger partial charge in [-0.15, -0.1) is 11.3 Å². The van der Waals surface area contributed by atoms with Gasteiger partial charge in [-0.3, -0.25) is 0 Å². The van der Waals surface area contributed by atoms with Crippen molar-refractivity contribution in [2.45, 2.75) is 0 Å². The Hall–Kier alpha value is -1.31. The number of aromatic nitrogens is 1. The van der Waals surface area contributed by atoms with Gasteiger partial charge in [0.05, 0.1) is 25.4 Å². The van der Waals surface area contributed by atoms with Crippen molar-refractivity contribution in [3.63, 3.8) is 0 Å². The second-order valence-corrected chi connectivity index (χ2v) is 7.57. The minimum absolute atomic E-state index is 0.0275. The van der Waals surface area contributed by atoms with Gasteiger partial charge in [0, 0.05) is 9.86 Å². The molecule has 0 radical (unpaired) electrons. The number of halogens is 3. The third-order valence-electron chi connectivity index (χ3n) is 2.89. The molecule has 2 heterocycles. The van der Waals surface area contributed by atoms with Crippen molar-refractivity contribution in [2.75, 3.05) is 0 Å². The first-order valence-corrected chi connectivity index (χ1v) is 8.15. The number of hydrogen-bond donors (Lipinski definition) is 1. The van der Waals surface area contributed by atoms with Crippen LogP contribution in [0.1, 0.15) is 10.4 Å². The van der Waals surface area contributed by atoms with Crippen LogP contribution < -0.4 is 0 Å². The zero-order valence-corrected chi connectivity index (χ0v) is 14.2. The monoisotopic (exact) mass is 429 g/mol. The largest absolute Gasteiger partial charge is 0.478 e. The molecule has 0 unspecified atom stereocenters. The second-order valence-electron chi connectivity index (χ2n) is 4.25. The molecule has 0 fully saturated rings. The van der Waals surface area contributed by atoms with E-state index in [1.807, 2.05) is 12.1 Å². The molecule has 1 aromatic carbocycles. The summed E-state index contributed by atoms with van der Waals surface area (Å²) in [6, 6.07) is 7.65. The molecule has 0 saturated heterocycles. The highest BCUT2D eigenvalue weighted by Gasteiger charge is 2.16. The Labute approximate surface area is 139 Å². The van der Waals surface area contributed by atoms with Crippen LogP contribution in [0.15, 0.2) is 38.6 Å². The van der Waals surface area contributed by atoms with Crippen LogP contribution in [0.25, 0.3) is 21.5 Å². The molecule has 0 amide bonds. The Bertz CT molecular complexity index is 879. The Morgan fingerprint density at radius 2 is 2.00 bits per heavy atom. The quantitative estimate of drug-likeness (QED) is 0.598. The molecule has 0 saturated carbocycles. The van der Waals surface area contributed by atoms with Gasteiger partial charge < -0.3 is 5.11 Å². The molecule has 3 rings (SSSR count). The fourth-order valence-electron chi connectivity index (χ4n) is 2.01. The summed E-state index contributed by atoms with van der Waals surface area (Å²) in [7, 11) is 0. The zero-order chi connectivity index (χ0) is 15.1. The van der Waals surface area contributed by atoms with E-state index in [1.54, 1.807) is 0 Å². The van der Waals surface area contributed by atoms with Crippen LogP contribution in [0.3, 0.4) is 0 Å². The summed E-state index contributed by atoms with van der Waals surface area (Å²) in [5.41, 5.74) is 0.999. The van der Waals surface area contributed by atoms with E-state index in [2.05, 4.69) is 36.8 Å². The molecule has 106 valence electrons. The van der Waals surface area contributed by atoms with E-state index in [0.717, 1.165) is 8.66 Å². The van der Waals surface area contributed by atoms with Gasteiger partial charge in [0.15, 0.2) is 0 Å². The summed E-state index contributed by atoms with van der Waals surface area (Å²) < 4.78 is 14.9. The molecule has 2 aromatic heterocycles. The number of pyridine rings is 1. The van der Waals surface area contributed by atoms with E-state index in [4.69, 9.17) is 0 Å². The highest BCUT2D eigenvalue weighted by molar-refractivity contribution is 9.11. The van der Waals surface area contributed by atoms with Crippen molar-refractivity contribution in [3.8, 4) is 10.6 Å². The summed E-state index contributed by atoms with van der Waals surface area (Å²) in [6.07, 6.45) is 0.